The summed E-state index contributed by atoms with van der Waals surface area (Å²) >= 11 is 5.52. The Kier molecular flexibility index (Phi) is 3.17. The fraction of sp³-hybridized carbons (Fsp3) is 0. The second-order valence-corrected chi connectivity index (χ2v) is 2.71. The van der Waals surface area contributed by atoms with Crippen LogP contribution >= 0.6 is 11.6 Å². The van der Waals surface area contributed by atoms with E-state index in [2.05, 4.69) is 0 Å². The maximum atomic E-state index is 10.5. The van der Waals surface area contributed by atoms with E-state index in [1.165, 1.54) is 12.1 Å². The minimum atomic E-state index is -1.24. The predicted molar refractivity (Wildman–Crippen MR) is 43.0 cm³/mol. The summed E-state index contributed by atoms with van der Waals surface area (Å²) < 4.78 is 0. The summed E-state index contributed by atoms with van der Waals surface area (Å²) in [6, 6.07) is 3.51. The molecule has 0 radical (unpaired) electrons. The number of quaternary nitrogens is 2. The lowest BCUT2D eigenvalue weighted by molar-refractivity contribution is -0.996. The smallest absolute Gasteiger partial charge is 0.188 e. The lowest BCUT2D eigenvalue weighted by atomic mass is 10.3. The van der Waals surface area contributed by atoms with Crippen LogP contribution < -0.4 is 10.5 Å². The van der Waals surface area contributed by atoms with Crippen LogP contribution in [0.2, 0.25) is 5.02 Å². The molecular formula is C6H7ClN2O4. The van der Waals surface area contributed by atoms with Crippen molar-refractivity contribution in [3.05, 3.63) is 33.6 Å². The second kappa shape index (κ2) is 3.99. The molecule has 0 bridgehead atoms. The van der Waals surface area contributed by atoms with Gasteiger partial charge in [0, 0.05) is 6.07 Å². The molecule has 0 fully saturated rings. The molecule has 0 aromatic heterocycles. The van der Waals surface area contributed by atoms with Crippen LogP contribution in [0.15, 0.2) is 18.2 Å². The highest BCUT2D eigenvalue weighted by Crippen LogP contribution is 2.19. The molecule has 0 aliphatic carbocycles. The maximum Gasteiger partial charge on any atom is 0.188 e. The molecule has 0 aliphatic heterocycles. The number of hydrogen-bond acceptors (Lipinski definition) is 4. The average molecular weight is 207 g/mol. The molecule has 4 N–H and O–H groups in total. The van der Waals surface area contributed by atoms with Crippen molar-refractivity contribution in [1.82, 2.24) is 0 Å². The van der Waals surface area contributed by atoms with E-state index in [0.717, 1.165) is 6.07 Å². The lowest BCUT2D eigenvalue weighted by Crippen LogP contribution is -3.00. The number of benzene rings is 1. The van der Waals surface area contributed by atoms with Gasteiger partial charge in [0.25, 0.3) is 0 Å². The van der Waals surface area contributed by atoms with Gasteiger partial charge in [-0.1, -0.05) is 11.6 Å². The monoisotopic (exact) mass is 206 g/mol. The van der Waals surface area contributed by atoms with Crippen LogP contribution in [0.3, 0.4) is 0 Å². The van der Waals surface area contributed by atoms with Crippen molar-refractivity contribution in [3.63, 3.8) is 0 Å². The quantitative estimate of drug-likeness (QED) is 0.474. The number of halogens is 1. The third-order valence-electron chi connectivity index (χ3n) is 1.44. The molecule has 72 valence electrons. The first-order valence-electron chi connectivity index (χ1n) is 3.28. The van der Waals surface area contributed by atoms with Crippen molar-refractivity contribution in [1.29, 1.82) is 0 Å². The Morgan fingerprint density at radius 3 is 2.23 bits per heavy atom. The van der Waals surface area contributed by atoms with Gasteiger partial charge in [-0.2, -0.15) is 10.5 Å². The van der Waals surface area contributed by atoms with Crippen LogP contribution in [-0.2, 0) is 0 Å². The van der Waals surface area contributed by atoms with Crippen LogP contribution in [0.4, 0.5) is 11.4 Å². The van der Waals surface area contributed by atoms with Crippen molar-refractivity contribution in [3.8, 4) is 0 Å². The van der Waals surface area contributed by atoms with Crippen molar-refractivity contribution in [2.45, 2.75) is 0 Å². The molecule has 0 saturated carbocycles. The highest BCUT2D eigenvalue weighted by Gasteiger charge is 2.11. The Morgan fingerprint density at radius 2 is 1.77 bits per heavy atom. The molecule has 0 saturated heterocycles. The summed E-state index contributed by atoms with van der Waals surface area (Å²) in [5.74, 6) is 0. The fourth-order valence-corrected chi connectivity index (χ4v) is 1.02. The minimum absolute atomic E-state index is 0.0255. The molecule has 13 heavy (non-hydrogen) atoms. The highest BCUT2D eigenvalue weighted by atomic mass is 35.5. The summed E-state index contributed by atoms with van der Waals surface area (Å²) in [6.07, 6.45) is 0. The van der Waals surface area contributed by atoms with Gasteiger partial charge >= 0.3 is 0 Å². The van der Waals surface area contributed by atoms with Crippen LogP contribution in [0.5, 0.6) is 0 Å². The zero-order valence-corrected chi connectivity index (χ0v) is 7.08. The zero-order chi connectivity index (χ0) is 10.0. The Bertz CT molecular complexity index is 305. The van der Waals surface area contributed by atoms with Gasteiger partial charge in [-0.25, -0.2) is 10.4 Å². The van der Waals surface area contributed by atoms with Crippen molar-refractivity contribution in [2.75, 3.05) is 0 Å². The summed E-state index contributed by atoms with van der Waals surface area (Å²) in [4.78, 5) is 0. The molecule has 1 aromatic rings. The third kappa shape index (κ3) is 2.36. The molecule has 1 aromatic carbocycles. The minimum Gasteiger partial charge on any atom is -0.595 e. The summed E-state index contributed by atoms with van der Waals surface area (Å²) in [5, 5.41) is 35.7. The van der Waals surface area contributed by atoms with Crippen LogP contribution in [0, 0.1) is 10.4 Å². The van der Waals surface area contributed by atoms with Crippen LogP contribution in [-0.4, -0.2) is 10.4 Å². The molecule has 7 heteroatoms. The molecule has 2 unspecified atom stereocenters. The molecule has 0 spiro atoms. The van der Waals surface area contributed by atoms with E-state index in [1.54, 1.807) is 0 Å². The van der Waals surface area contributed by atoms with Gasteiger partial charge in [-0.05, 0) is 6.07 Å². The van der Waals surface area contributed by atoms with E-state index < -0.39 is 10.5 Å². The van der Waals surface area contributed by atoms with Gasteiger partial charge in [0.15, 0.2) is 11.4 Å². The largest absolute Gasteiger partial charge is 0.595 e. The number of rotatable bonds is 2. The first-order valence-corrected chi connectivity index (χ1v) is 3.66. The van der Waals surface area contributed by atoms with E-state index in [9.17, 15) is 10.4 Å². The van der Waals surface area contributed by atoms with Gasteiger partial charge in [0.2, 0.25) is 0 Å². The Hall–Kier alpha value is -0.730. The molecule has 6 nitrogen and oxygen atoms in total. The van der Waals surface area contributed by atoms with E-state index in [4.69, 9.17) is 22.0 Å². The zero-order valence-electron chi connectivity index (χ0n) is 6.32. The van der Waals surface area contributed by atoms with Crippen LogP contribution in [0.25, 0.3) is 0 Å². The molecule has 0 heterocycles. The summed E-state index contributed by atoms with van der Waals surface area (Å²) in [7, 11) is 0. The molecular weight excluding hydrogens is 200 g/mol. The van der Waals surface area contributed by atoms with Gasteiger partial charge in [-0.3, -0.25) is 0 Å². The maximum absolute atomic E-state index is 10.5. The first kappa shape index (κ1) is 10.4. The van der Waals surface area contributed by atoms with E-state index >= 15 is 0 Å². The average Bonchev–Trinajstić information content (AvgIpc) is 2.04. The molecule has 2 atom stereocenters. The Labute approximate surface area is 78.2 Å². The SMILES string of the molecule is [O-][NH+](O)c1ccc(Cl)c([NH+]([O-])O)c1. The van der Waals surface area contributed by atoms with Crippen LogP contribution in [0.1, 0.15) is 0 Å². The number of hydrogen-bond donors (Lipinski definition) is 4. The van der Waals surface area contributed by atoms with Crippen molar-refractivity contribution in [2.24, 2.45) is 0 Å². The van der Waals surface area contributed by atoms with Gasteiger partial charge < -0.3 is 10.4 Å². The topological polar surface area (TPSA) is 95.5 Å². The van der Waals surface area contributed by atoms with E-state index in [0.29, 0.717) is 0 Å². The Balaban J connectivity index is 3.11. The van der Waals surface area contributed by atoms with E-state index in [-0.39, 0.29) is 16.4 Å². The van der Waals surface area contributed by atoms with Crippen molar-refractivity contribution < 1.29 is 20.9 Å². The molecule has 0 aliphatic rings. The normalized spacial score (nSPS) is 15.5. The standard InChI is InChI=1S/C6H7ClN2O4/c7-5-2-1-4(8(10)11)3-6(5)9(12)13/h1-3,8-10,12H. The molecule has 1 rings (SSSR count). The predicted octanol–water partition coefficient (Wildman–Crippen LogP) is -0.853. The Morgan fingerprint density at radius 1 is 1.15 bits per heavy atom. The lowest BCUT2D eigenvalue weighted by Gasteiger charge is -2.16. The third-order valence-corrected chi connectivity index (χ3v) is 1.77. The highest BCUT2D eigenvalue weighted by molar-refractivity contribution is 6.32. The molecule has 0 amide bonds. The fourth-order valence-electron chi connectivity index (χ4n) is 0.822. The van der Waals surface area contributed by atoms with Gasteiger partial charge in [-0.15, -0.1) is 0 Å². The van der Waals surface area contributed by atoms with Gasteiger partial charge in [0.05, 0.1) is 6.07 Å². The van der Waals surface area contributed by atoms with Gasteiger partial charge in [0.1, 0.15) is 5.02 Å². The first-order chi connectivity index (χ1) is 6.02. The number of nitrogens with one attached hydrogen (secondary N) is 2. The summed E-state index contributed by atoms with van der Waals surface area (Å²) in [5.41, 5.74) is -0.302. The summed E-state index contributed by atoms with van der Waals surface area (Å²) in [6.45, 7) is 0. The van der Waals surface area contributed by atoms with Crippen molar-refractivity contribution >= 4 is 23.0 Å². The second-order valence-electron chi connectivity index (χ2n) is 2.30. The van der Waals surface area contributed by atoms with E-state index in [1.807, 2.05) is 0 Å².